The Kier molecular flexibility index (Phi) is 7.88. The van der Waals surface area contributed by atoms with Crippen LogP contribution < -0.4 is 5.73 Å². The van der Waals surface area contributed by atoms with Gasteiger partial charge in [-0.25, -0.2) is 8.42 Å². The third-order valence-electron chi connectivity index (χ3n) is 2.84. The molecule has 0 saturated heterocycles. The quantitative estimate of drug-likeness (QED) is 0.664. The fourth-order valence-electron chi connectivity index (χ4n) is 1.66. The highest BCUT2D eigenvalue weighted by Gasteiger charge is 2.13. The van der Waals surface area contributed by atoms with Crippen molar-refractivity contribution in [1.29, 1.82) is 0 Å². The summed E-state index contributed by atoms with van der Waals surface area (Å²) >= 11 is 0. The third-order valence-corrected chi connectivity index (χ3v) is 4.53. The van der Waals surface area contributed by atoms with Crippen molar-refractivity contribution < 1.29 is 17.9 Å². The average molecular weight is 315 g/mol. The maximum Gasteiger partial charge on any atom is 0.180 e. The van der Waals surface area contributed by atoms with E-state index in [1.54, 1.807) is 24.3 Å². The van der Waals surface area contributed by atoms with Crippen molar-refractivity contribution in [2.24, 2.45) is 11.7 Å². The highest BCUT2D eigenvalue weighted by molar-refractivity contribution is 7.91. The number of hydrogen-bond donors (Lipinski definition) is 1. The Balaban J connectivity index is 2.29. The number of sulfone groups is 1. The molecule has 0 atom stereocenters. The summed E-state index contributed by atoms with van der Waals surface area (Å²) in [4.78, 5) is 0.305. The van der Waals surface area contributed by atoms with Gasteiger partial charge in [-0.05, 0) is 23.6 Å². The van der Waals surface area contributed by atoms with E-state index in [9.17, 15) is 8.42 Å². The molecule has 0 bridgehead atoms. The molecule has 0 saturated carbocycles. The number of benzene rings is 1. The molecule has 0 unspecified atom stereocenters. The summed E-state index contributed by atoms with van der Waals surface area (Å²) in [5.74, 6) is 0.459. The number of nitrogens with two attached hydrogens (primary N) is 1. The molecule has 6 heteroatoms. The van der Waals surface area contributed by atoms with Crippen LogP contribution in [-0.4, -0.2) is 40.6 Å². The number of rotatable bonds is 10. The van der Waals surface area contributed by atoms with Gasteiger partial charge in [0, 0.05) is 13.2 Å². The summed E-state index contributed by atoms with van der Waals surface area (Å²) in [6, 6.07) is 6.63. The number of ether oxygens (including phenoxy) is 2. The van der Waals surface area contributed by atoms with Gasteiger partial charge < -0.3 is 15.2 Å². The second-order valence-corrected chi connectivity index (χ2v) is 7.36. The third kappa shape index (κ3) is 7.04. The Morgan fingerprint density at radius 2 is 1.67 bits per heavy atom. The van der Waals surface area contributed by atoms with Crippen molar-refractivity contribution in [1.82, 2.24) is 0 Å². The van der Waals surface area contributed by atoms with Gasteiger partial charge in [0.2, 0.25) is 0 Å². The topological polar surface area (TPSA) is 78.6 Å². The average Bonchev–Trinajstić information content (AvgIpc) is 2.46. The molecule has 120 valence electrons. The van der Waals surface area contributed by atoms with Gasteiger partial charge in [0.05, 0.1) is 30.5 Å². The highest BCUT2D eigenvalue weighted by Crippen LogP contribution is 2.12. The smallest absolute Gasteiger partial charge is 0.180 e. The zero-order chi connectivity index (χ0) is 15.7. The van der Waals surface area contributed by atoms with Crippen molar-refractivity contribution in [3.63, 3.8) is 0 Å². The van der Waals surface area contributed by atoms with E-state index in [-0.39, 0.29) is 12.4 Å². The molecule has 21 heavy (non-hydrogen) atoms. The summed E-state index contributed by atoms with van der Waals surface area (Å²) in [6.45, 7) is 6.31. The second kappa shape index (κ2) is 9.15. The van der Waals surface area contributed by atoms with Gasteiger partial charge in [-0.15, -0.1) is 0 Å². The lowest BCUT2D eigenvalue weighted by Gasteiger charge is -2.08. The molecule has 0 aliphatic heterocycles. The van der Waals surface area contributed by atoms with Gasteiger partial charge in [-0.2, -0.15) is 0 Å². The van der Waals surface area contributed by atoms with Crippen LogP contribution in [-0.2, 0) is 25.9 Å². The Bertz CT molecular complexity index is 497. The molecule has 1 aromatic carbocycles. The Morgan fingerprint density at radius 1 is 1.05 bits per heavy atom. The number of hydrogen-bond acceptors (Lipinski definition) is 5. The molecular formula is C15H25NO4S. The first-order chi connectivity index (χ1) is 9.95. The maximum absolute atomic E-state index is 12.1. The fraction of sp³-hybridized carbons (Fsp3) is 0.600. The Hall–Kier alpha value is -0.950. The summed E-state index contributed by atoms with van der Waals surface area (Å²) in [5.41, 5.74) is 6.39. The summed E-state index contributed by atoms with van der Waals surface area (Å²) < 4.78 is 34.8. The standard InChI is InChI=1S/C15H25NO4S/c1-13(2)12-20-8-7-19-9-10-21(17,18)15-5-3-14(11-16)4-6-15/h3-6,13H,7-12,16H2,1-2H3. The van der Waals surface area contributed by atoms with E-state index >= 15 is 0 Å². The van der Waals surface area contributed by atoms with Gasteiger partial charge in [0.15, 0.2) is 9.84 Å². The molecule has 0 amide bonds. The molecule has 0 aliphatic carbocycles. The highest BCUT2D eigenvalue weighted by atomic mass is 32.2. The Labute approximate surface area is 127 Å². The lowest BCUT2D eigenvalue weighted by atomic mass is 10.2. The minimum atomic E-state index is -3.30. The van der Waals surface area contributed by atoms with Crippen LogP contribution >= 0.6 is 0 Å². The molecule has 0 radical (unpaired) electrons. The molecule has 2 N–H and O–H groups in total. The molecule has 1 rings (SSSR count). The zero-order valence-electron chi connectivity index (χ0n) is 12.7. The van der Waals surface area contributed by atoms with E-state index in [4.69, 9.17) is 15.2 Å². The summed E-state index contributed by atoms with van der Waals surface area (Å²) in [7, 11) is -3.30. The van der Waals surface area contributed by atoms with Crippen LogP contribution in [0, 0.1) is 5.92 Å². The normalized spacial score (nSPS) is 12.0. The van der Waals surface area contributed by atoms with Gasteiger partial charge in [0.1, 0.15) is 0 Å². The van der Waals surface area contributed by atoms with Crippen molar-refractivity contribution in [3.05, 3.63) is 29.8 Å². The van der Waals surface area contributed by atoms with E-state index in [1.807, 2.05) is 0 Å². The first kappa shape index (κ1) is 18.1. The molecule has 0 aromatic heterocycles. The van der Waals surface area contributed by atoms with Crippen LogP contribution in [0.25, 0.3) is 0 Å². The van der Waals surface area contributed by atoms with E-state index < -0.39 is 9.84 Å². The monoisotopic (exact) mass is 315 g/mol. The Morgan fingerprint density at radius 3 is 2.24 bits per heavy atom. The van der Waals surface area contributed by atoms with E-state index in [0.717, 1.165) is 5.56 Å². The predicted molar refractivity (Wildman–Crippen MR) is 82.9 cm³/mol. The molecule has 0 heterocycles. The van der Waals surface area contributed by atoms with E-state index in [2.05, 4.69) is 13.8 Å². The fourth-order valence-corrected chi connectivity index (χ4v) is 2.78. The largest absolute Gasteiger partial charge is 0.379 e. The zero-order valence-corrected chi connectivity index (χ0v) is 13.6. The van der Waals surface area contributed by atoms with Crippen molar-refractivity contribution in [2.75, 3.05) is 32.2 Å². The van der Waals surface area contributed by atoms with Crippen LogP contribution in [0.15, 0.2) is 29.2 Å². The molecule has 1 aromatic rings. The molecule has 0 fully saturated rings. The predicted octanol–water partition coefficient (Wildman–Crippen LogP) is 1.61. The van der Waals surface area contributed by atoms with Gasteiger partial charge >= 0.3 is 0 Å². The van der Waals surface area contributed by atoms with Gasteiger partial charge in [-0.3, -0.25) is 0 Å². The summed E-state index contributed by atoms with van der Waals surface area (Å²) in [5, 5.41) is 0. The van der Waals surface area contributed by atoms with Crippen LogP contribution in [0.1, 0.15) is 19.4 Å². The van der Waals surface area contributed by atoms with Crippen molar-refractivity contribution in [2.45, 2.75) is 25.3 Å². The van der Waals surface area contributed by atoms with Crippen molar-refractivity contribution >= 4 is 9.84 Å². The van der Waals surface area contributed by atoms with E-state index in [1.165, 1.54) is 0 Å². The van der Waals surface area contributed by atoms with Crippen LogP contribution in [0.3, 0.4) is 0 Å². The molecule has 5 nitrogen and oxygen atoms in total. The minimum absolute atomic E-state index is 0.0286. The first-order valence-electron chi connectivity index (χ1n) is 7.13. The van der Waals surface area contributed by atoms with Gasteiger partial charge in [-0.1, -0.05) is 26.0 Å². The second-order valence-electron chi connectivity index (χ2n) is 5.25. The maximum atomic E-state index is 12.1. The lowest BCUT2D eigenvalue weighted by molar-refractivity contribution is 0.0427. The van der Waals surface area contributed by atoms with Crippen LogP contribution in [0.2, 0.25) is 0 Å². The molecule has 0 aliphatic rings. The van der Waals surface area contributed by atoms with Crippen LogP contribution in [0.5, 0.6) is 0 Å². The first-order valence-corrected chi connectivity index (χ1v) is 8.78. The van der Waals surface area contributed by atoms with Crippen molar-refractivity contribution in [3.8, 4) is 0 Å². The SMILES string of the molecule is CC(C)COCCOCCS(=O)(=O)c1ccc(CN)cc1. The van der Waals surface area contributed by atoms with Crippen LogP contribution in [0.4, 0.5) is 0 Å². The summed E-state index contributed by atoms with van der Waals surface area (Å²) in [6.07, 6.45) is 0. The minimum Gasteiger partial charge on any atom is -0.379 e. The molecule has 0 spiro atoms. The van der Waals surface area contributed by atoms with Gasteiger partial charge in [0.25, 0.3) is 0 Å². The molecular weight excluding hydrogens is 290 g/mol. The van der Waals surface area contributed by atoms with E-state index in [0.29, 0.717) is 37.2 Å². The lowest BCUT2D eigenvalue weighted by Crippen LogP contribution is -2.15.